The average molecular weight is 256 g/mol. The van der Waals surface area contributed by atoms with Gasteiger partial charge in [-0.15, -0.1) is 0 Å². The number of hydrogen-bond donors (Lipinski definition) is 2. The van der Waals surface area contributed by atoms with Gasteiger partial charge < -0.3 is 4.74 Å². The van der Waals surface area contributed by atoms with Gasteiger partial charge in [-0.25, -0.2) is 8.78 Å². The Morgan fingerprint density at radius 3 is 2.61 bits per heavy atom. The standard InChI is InChI=1S/C13H18F2N2O/c14-10-6-9(7-11(15)8-10)13(17-16)4-3-12-2-1-5-18-12/h6-8,12-13,17H,1-5,16H2. The monoisotopic (exact) mass is 256 g/mol. The van der Waals surface area contributed by atoms with Crippen LogP contribution in [0.4, 0.5) is 8.78 Å². The molecular weight excluding hydrogens is 238 g/mol. The first-order chi connectivity index (χ1) is 8.69. The number of nitrogens with two attached hydrogens (primary N) is 1. The highest BCUT2D eigenvalue weighted by molar-refractivity contribution is 5.21. The number of halogens is 2. The van der Waals surface area contributed by atoms with Gasteiger partial charge in [-0.2, -0.15) is 0 Å². The fourth-order valence-electron chi connectivity index (χ4n) is 2.35. The van der Waals surface area contributed by atoms with Crippen LogP contribution in [0.5, 0.6) is 0 Å². The number of benzene rings is 1. The second kappa shape index (κ2) is 6.22. The van der Waals surface area contributed by atoms with Crippen LogP contribution < -0.4 is 11.3 Å². The van der Waals surface area contributed by atoms with Crippen LogP contribution in [0.3, 0.4) is 0 Å². The molecule has 1 aromatic carbocycles. The Hall–Kier alpha value is -1.04. The second-order valence-corrected chi connectivity index (χ2v) is 4.63. The zero-order valence-corrected chi connectivity index (χ0v) is 10.2. The lowest BCUT2D eigenvalue weighted by atomic mass is 9.99. The van der Waals surface area contributed by atoms with Gasteiger partial charge in [0.25, 0.3) is 0 Å². The Morgan fingerprint density at radius 2 is 2.06 bits per heavy atom. The van der Waals surface area contributed by atoms with Crippen LogP contribution in [-0.2, 0) is 4.74 Å². The molecular formula is C13H18F2N2O. The van der Waals surface area contributed by atoms with Crippen molar-refractivity contribution in [2.45, 2.75) is 37.8 Å². The van der Waals surface area contributed by atoms with Crippen LogP contribution in [0, 0.1) is 11.6 Å². The maximum atomic E-state index is 13.1. The molecule has 0 radical (unpaired) electrons. The van der Waals surface area contributed by atoms with Crippen molar-refractivity contribution in [2.24, 2.45) is 5.84 Å². The first kappa shape index (κ1) is 13.4. The Labute approximate surface area is 105 Å². The van der Waals surface area contributed by atoms with Gasteiger partial charge in [-0.3, -0.25) is 11.3 Å². The fraction of sp³-hybridized carbons (Fsp3) is 0.538. The van der Waals surface area contributed by atoms with Crippen molar-refractivity contribution >= 4 is 0 Å². The molecule has 3 nitrogen and oxygen atoms in total. The maximum Gasteiger partial charge on any atom is 0.126 e. The highest BCUT2D eigenvalue weighted by atomic mass is 19.1. The molecule has 0 saturated carbocycles. The quantitative estimate of drug-likeness (QED) is 0.628. The SMILES string of the molecule is NNC(CCC1CCCO1)c1cc(F)cc(F)c1. The van der Waals surface area contributed by atoms with Crippen LogP contribution in [0.2, 0.25) is 0 Å². The van der Waals surface area contributed by atoms with E-state index in [4.69, 9.17) is 10.6 Å². The molecule has 3 N–H and O–H groups in total. The molecule has 18 heavy (non-hydrogen) atoms. The summed E-state index contributed by atoms with van der Waals surface area (Å²) in [6.45, 7) is 0.806. The molecule has 2 unspecified atom stereocenters. The highest BCUT2D eigenvalue weighted by Gasteiger charge is 2.19. The minimum Gasteiger partial charge on any atom is -0.378 e. The summed E-state index contributed by atoms with van der Waals surface area (Å²) in [5.41, 5.74) is 3.14. The second-order valence-electron chi connectivity index (χ2n) is 4.63. The van der Waals surface area contributed by atoms with Crippen LogP contribution in [0.15, 0.2) is 18.2 Å². The van der Waals surface area contributed by atoms with E-state index in [1.165, 1.54) is 12.1 Å². The minimum atomic E-state index is -0.581. The first-order valence-electron chi connectivity index (χ1n) is 6.23. The summed E-state index contributed by atoms with van der Waals surface area (Å²) in [4.78, 5) is 0. The predicted octanol–water partition coefficient (Wildman–Crippen LogP) is 2.43. The van der Waals surface area contributed by atoms with Crippen molar-refractivity contribution in [1.82, 2.24) is 5.43 Å². The average Bonchev–Trinajstić information content (AvgIpc) is 2.81. The van der Waals surface area contributed by atoms with Crippen LogP contribution in [-0.4, -0.2) is 12.7 Å². The fourth-order valence-corrected chi connectivity index (χ4v) is 2.35. The molecule has 0 aromatic heterocycles. The smallest absolute Gasteiger partial charge is 0.126 e. The number of rotatable bonds is 5. The number of ether oxygens (including phenoxy) is 1. The van der Waals surface area contributed by atoms with Gasteiger partial charge in [-0.05, 0) is 43.4 Å². The lowest BCUT2D eigenvalue weighted by Crippen LogP contribution is -2.29. The normalized spacial score (nSPS) is 21.2. The molecule has 0 spiro atoms. The van der Waals surface area contributed by atoms with Gasteiger partial charge in [0.1, 0.15) is 11.6 Å². The van der Waals surface area contributed by atoms with Gasteiger partial charge >= 0.3 is 0 Å². The third-order valence-corrected chi connectivity index (χ3v) is 3.29. The van der Waals surface area contributed by atoms with E-state index in [-0.39, 0.29) is 12.1 Å². The zero-order chi connectivity index (χ0) is 13.0. The van der Waals surface area contributed by atoms with E-state index in [2.05, 4.69) is 5.43 Å². The Morgan fingerprint density at radius 1 is 1.33 bits per heavy atom. The lowest BCUT2D eigenvalue weighted by molar-refractivity contribution is 0.0996. The topological polar surface area (TPSA) is 47.3 Å². The first-order valence-corrected chi connectivity index (χ1v) is 6.23. The zero-order valence-electron chi connectivity index (χ0n) is 10.2. The Bertz CT molecular complexity index is 374. The van der Waals surface area contributed by atoms with Gasteiger partial charge in [0.2, 0.25) is 0 Å². The summed E-state index contributed by atoms with van der Waals surface area (Å²) < 4.78 is 31.8. The van der Waals surface area contributed by atoms with Crippen molar-refractivity contribution < 1.29 is 13.5 Å². The molecule has 100 valence electrons. The highest BCUT2D eigenvalue weighted by Crippen LogP contribution is 2.24. The molecule has 1 aliphatic heterocycles. The van der Waals surface area contributed by atoms with Gasteiger partial charge in [0.05, 0.1) is 6.10 Å². The number of hydrogen-bond acceptors (Lipinski definition) is 3. The van der Waals surface area contributed by atoms with E-state index in [1.807, 2.05) is 0 Å². The van der Waals surface area contributed by atoms with E-state index in [0.29, 0.717) is 12.0 Å². The molecule has 0 bridgehead atoms. The van der Waals surface area contributed by atoms with Gasteiger partial charge in [0.15, 0.2) is 0 Å². The van der Waals surface area contributed by atoms with Crippen LogP contribution >= 0.6 is 0 Å². The molecule has 2 rings (SSSR count). The summed E-state index contributed by atoms with van der Waals surface area (Å²) in [5.74, 6) is 4.29. The van der Waals surface area contributed by atoms with E-state index in [1.54, 1.807) is 0 Å². The summed E-state index contributed by atoms with van der Waals surface area (Å²) in [6.07, 6.45) is 3.92. The molecule has 2 atom stereocenters. The van der Waals surface area contributed by atoms with E-state index >= 15 is 0 Å². The summed E-state index contributed by atoms with van der Waals surface area (Å²) in [7, 11) is 0. The van der Waals surface area contributed by atoms with Crippen molar-refractivity contribution in [3.05, 3.63) is 35.4 Å². The summed E-state index contributed by atoms with van der Waals surface area (Å²) in [5, 5.41) is 0. The molecule has 1 fully saturated rings. The number of hydrazine groups is 1. The largest absolute Gasteiger partial charge is 0.378 e. The third-order valence-electron chi connectivity index (χ3n) is 3.29. The molecule has 1 saturated heterocycles. The molecule has 0 aliphatic carbocycles. The molecule has 1 aromatic rings. The van der Waals surface area contributed by atoms with E-state index in [0.717, 1.165) is 31.9 Å². The van der Waals surface area contributed by atoms with Gasteiger partial charge in [0, 0.05) is 18.7 Å². The predicted molar refractivity (Wildman–Crippen MR) is 64.6 cm³/mol. The van der Waals surface area contributed by atoms with E-state index in [9.17, 15) is 8.78 Å². The van der Waals surface area contributed by atoms with Crippen molar-refractivity contribution in [3.8, 4) is 0 Å². The van der Waals surface area contributed by atoms with Crippen molar-refractivity contribution in [3.63, 3.8) is 0 Å². The minimum absolute atomic E-state index is 0.249. The Kier molecular flexibility index (Phi) is 4.63. The number of nitrogens with one attached hydrogen (secondary N) is 1. The molecule has 5 heteroatoms. The van der Waals surface area contributed by atoms with Crippen LogP contribution in [0.25, 0.3) is 0 Å². The molecule has 1 heterocycles. The Balaban J connectivity index is 1.98. The summed E-state index contributed by atoms with van der Waals surface area (Å²) >= 11 is 0. The molecule has 1 aliphatic rings. The maximum absolute atomic E-state index is 13.1. The van der Waals surface area contributed by atoms with Crippen molar-refractivity contribution in [2.75, 3.05) is 6.61 Å². The van der Waals surface area contributed by atoms with E-state index < -0.39 is 11.6 Å². The third kappa shape index (κ3) is 3.48. The lowest BCUT2D eigenvalue weighted by Gasteiger charge is -2.18. The van der Waals surface area contributed by atoms with Crippen molar-refractivity contribution in [1.29, 1.82) is 0 Å². The summed E-state index contributed by atoms with van der Waals surface area (Å²) in [6, 6.07) is 3.23. The van der Waals surface area contributed by atoms with Crippen LogP contribution in [0.1, 0.15) is 37.3 Å². The van der Waals surface area contributed by atoms with Gasteiger partial charge in [-0.1, -0.05) is 0 Å². The molecule has 0 amide bonds.